The highest BCUT2D eigenvalue weighted by molar-refractivity contribution is 6.05. The quantitative estimate of drug-likeness (QED) is 0.397. The van der Waals surface area contributed by atoms with Crippen molar-refractivity contribution in [3.05, 3.63) is 101 Å². The molecule has 4 rings (SSSR count). The van der Waals surface area contributed by atoms with Crippen molar-refractivity contribution in [1.82, 2.24) is 15.6 Å². The van der Waals surface area contributed by atoms with Gasteiger partial charge in [0.05, 0.1) is 0 Å². The average molecular weight is 413 g/mol. The van der Waals surface area contributed by atoms with Crippen LogP contribution in [-0.4, -0.2) is 23.3 Å². The summed E-state index contributed by atoms with van der Waals surface area (Å²) in [4.78, 5) is 28.7. The van der Waals surface area contributed by atoms with Crippen LogP contribution in [0.15, 0.2) is 83.0 Å². The third-order valence-electron chi connectivity index (χ3n) is 4.93. The van der Waals surface area contributed by atoms with E-state index in [0.29, 0.717) is 24.3 Å². The molecule has 0 aliphatic rings. The molecule has 2 aromatic heterocycles. The highest BCUT2D eigenvalue weighted by atomic mass is 16.3. The van der Waals surface area contributed by atoms with Crippen molar-refractivity contribution < 1.29 is 14.0 Å². The molecule has 2 amide bonds. The predicted octanol–water partition coefficient (Wildman–Crippen LogP) is 4.20. The largest absolute Gasteiger partial charge is 0.462 e. The molecule has 6 heteroatoms. The van der Waals surface area contributed by atoms with Gasteiger partial charge in [-0.05, 0) is 49.2 Å². The molecule has 156 valence electrons. The molecule has 0 saturated carbocycles. The smallest absolute Gasteiger partial charge is 0.267 e. The van der Waals surface area contributed by atoms with E-state index in [1.165, 1.54) is 6.08 Å². The van der Waals surface area contributed by atoms with E-state index in [2.05, 4.69) is 15.6 Å². The summed E-state index contributed by atoms with van der Waals surface area (Å²) in [6.45, 7) is 2.25. The monoisotopic (exact) mass is 413 g/mol. The van der Waals surface area contributed by atoms with E-state index in [1.54, 1.807) is 36.4 Å². The second kappa shape index (κ2) is 9.17. The van der Waals surface area contributed by atoms with Crippen molar-refractivity contribution >= 4 is 28.8 Å². The topological polar surface area (TPSA) is 87.1 Å². The minimum Gasteiger partial charge on any atom is -0.462 e. The Bertz CT molecular complexity index is 1240. The van der Waals surface area contributed by atoms with Gasteiger partial charge in [-0.25, -0.2) is 0 Å². The van der Waals surface area contributed by atoms with E-state index >= 15 is 0 Å². The molecule has 4 aromatic rings. The first-order valence-electron chi connectivity index (χ1n) is 10.1. The molecule has 3 N–H and O–H groups in total. The minimum absolute atomic E-state index is 0.127. The molecule has 0 atom stereocenters. The highest BCUT2D eigenvalue weighted by Crippen LogP contribution is 2.18. The summed E-state index contributed by atoms with van der Waals surface area (Å²) in [6.07, 6.45) is 4.15. The van der Waals surface area contributed by atoms with Crippen LogP contribution >= 0.6 is 0 Å². The number of aromatic amines is 1. The lowest BCUT2D eigenvalue weighted by molar-refractivity contribution is -0.117. The molecule has 0 aliphatic heterocycles. The van der Waals surface area contributed by atoms with Crippen molar-refractivity contribution in [2.45, 2.75) is 13.3 Å². The zero-order chi connectivity index (χ0) is 21.6. The van der Waals surface area contributed by atoms with Gasteiger partial charge in [-0.2, -0.15) is 0 Å². The maximum atomic E-state index is 12.9. The van der Waals surface area contributed by atoms with Gasteiger partial charge in [0.25, 0.3) is 11.8 Å². The molecule has 2 heterocycles. The van der Waals surface area contributed by atoms with Crippen molar-refractivity contribution in [2.75, 3.05) is 6.54 Å². The third-order valence-corrected chi connectivity index (χ3v) is 4.93. The summed E-state index contributed by atoms with van der Waals surface area (Å²) in [6, 6.07) is 20.4. The first-order chi connectivity index (χ1) is 15.1. The molecule has 0 spiro atoms. The fourth-order valence-electron chi connectivity index (χ4n) is 3.36. The van der Waals surface area contributed by atoms with Crippen LogP contribution in [0.3, 0.4) is 0 Å². The Morgan fingerprint density at radius 2 is 1.77 bits per heavy atom. The van der Waals surface area contributed by atoms with Crippen molar-refractivity contribution in [1.29, 1.82) is 0 Å². The number of benzene rings is 2. The number of rotatable bonds is 7. The molecule has 0 bridgehead atoms. The molecule has 0 radical (unpaired) electrons. The molecule has 6 nitrogen and oxygen atoms in total. The number of para-hydroxylation sites is 1. The Hall–Kier alpha value is -4.06. The number of H-pyrrole nitrogens is 1. The number of aryl methyl sites for hydroxylation is 1. The molecule has 2 aromatic carbocycles. The van der Waals surface area contributed by atoms with Crippen LogP contribution in [-0.2, 0) is 11.2 Å². The van der Waals surface area contributed by atoms with E-state index in [4.69, 9.17) is 4.42 Å². The van der Waals surface area contributed by atoms with Gasteiger partial charge in [0.2, 0.25) is 0 Å². The summed E-state index contributed by atoms with van der Waals surface area (Å²) in [7, 11) is 0. The molecule has 0 fully saturated rings. The van der Waals surface area contributed by atoms with Crippen LogP contribution in [0.2, 0.25) is 0 Å². The maximum Gasteiger partial charge on any atom is 0.267 e. The summed E-state index contributed by atoms with van der Waals surface area (Å²) >= 11 is 0. The zero-order valence-electron chi connectivity index (χ0n) is 17.1. The molecular formula is C25H23N3O3. The van der Waals surface area contributed by atoms with Crippen molar-refractivity contribution in [3.63, 3.8) is 0 Å². The first-order valence-corrected chi connectivity index (χ1v) is 10.1. The normalized spacial score (nSPS) is 11.5. The second-order valence-corrected chi connectivity index (χ2v) is 7.19. The number of amides is 2. The molecule has 0 saturated heterocycles. The number of carbonyl (C=O) groups excluding carboxylic acids is 2. The number of hydrogen-bond donors (Lipinski definition) is 3. The van der Waals surface area contributed by atoms with Crippen LogP contribution in [0.4, 0.5) is 0 Å². The standard InChI is InChI=1S/C25H23N3O3/c1-17-11-12-20(31-17)15-23(28-24(29)18-7-3-2-4-8-18)25(30)26-14-13-19-16-27-22-10-6-5-9-21(19)22/h2-12,15-16,27H,13-14H2,1H3,(H,26,30)(H,28,29)/b23-15-. The zero-order valence-corrected chi connectivity index (χ0v) is 17.1. The maximum absolute atomic E-state index is 12.9. The third kappa shape index (κ3) is 4.93. The first kappa shape index (κ1) is 20.2. The molecule has 0 aliphatic carbocycles. The van der Waals surface area contributed by atoms with E-state index in [1.807, 2.05) is 43.5 Å². The number of carbonyl (C=O) groups is 2. The Morgan fingerprint density at radius 1 is 1.00 bits per heavy atom. The van der Waals surface area contributed by atoms with E-state index in [-0.39, 0.29) is 17.5 Å². The Kier molecular flexibility index (Phi) is 5.98. The number of fused-ring (bicyclic) bond motifs is 1. The lowest BCUT2D eigenvalue weighted by atomic mass is 10.1. The summed E-state index contributed by atoms with van der Waals surface area (Å²) < 4.78 is 5.55. The highest BCUT2D eigenvalue weighted by Gasteiger charge is 2.15. The number of aromatic nitrogens is 1. The fraction of sp³-hybridized carbons (Fsp3) is 0.120. The molecule has 31 heavy (non-hydrogen) atoms. The minimum atomic E-state index is -0.377. The number of nitrogens with one attached hydrogen (secondary N) is 3. The molecular weight excluding hydrogens is 390 g/mol. The van der Waals surface area contributed by atoms with Gasteiger partial charge in [0, 0.05) is 35.3 Å². The van der Waals surface area contributed by atoms with E-state index in [9.17, 15) is 9.59 Å². The van der Waals surface area contributed by atoms with E-state index < -0.39 is 0 Å². The Balaban J connectivity index is 1.47. The van der Waals surface area contributed by atoms with Gasteiger partial charge in [0.15, 0.2) is 0 Å². The summed E-state index contributed by atoms with van der Waals surface area (Å²) in [5.74, 6) is 0.479. The predicted molar refractivity (Wildman–Crippen MR) is 120 cm³/mol. The average Bonchev–Trinajstić information content (AvgIpc) is 3.39. The van der Waals surface area contributed by atoms with Crippen molar-refractivity contribution in [3.8, 4) is 0 Å². The number of hydrogen-bond acceptors (Lipinski definition) is 3. The van der Waals surface area contributed by atoms with E-state index in [0.717, 1.165) is 22.2 Å². The Labute approximate surface area is 180 Å². The molecule has 0 unspecified atom stereocenters. The number of furan rings is 1. The van der Waals surface area contributed by atoms with Gasteiger partial charge in [-0.3, -0.25) is 9.59 Å². The second-order valence-electron chi connectivity index (χ2n) is 7.19. The van der Waals surface area contributed by atoms with Crippen LogP contribution in [0.1, 0.15) is 27.4 Å². The van der Waals surface area contributed by atoms with Gasteiger partial charge >= 0.3 is 0 Å². The van der Waals surface area contributed by atoms with Crippen LogP contribution in [0, 0.1) is 6.92 Å². The Morgan fingerprint density at radius 3 is 2.55 bits per heavy atom. The van der Waals surface area contributed by atoms with Crippen LogP contribution in [0.25, 0.3) is 17.0 Å². The van der Waals surface area contributed by atoms with Crippen LogP contribution in [0.5, 0.6) is 0 Å². The lowest BCUT2D eigenvalue weighted by Gasteiger charge is -2.11. The van der Waals surface area contributed by atoms with Gasteiger partial charge in [0.1, 0.15) is 17.2 Å². The SMILES string of the molecule is Cc1ccc(/C=C(\NC(=O)c2ccccc2)C(=O)NCCc2c[nH]c3ccccc23)o1. The summed E-state index contributed by atoms with van der Waals surface area (Å²) in [5.41, 5.74) is 2.78. The van der Waals surface area contributed by atoms with Gasteiger partial charge in [-0.1, -0.05) is 36.4 Å². The lowest BCUT2D eigenvalue weighted by Crippen LogP contribution is -2.35. The van der Waals surface area contributed by atoms with Crippen molar-refractivity contribution in [2.24, 2.45) is 0 Å². The van der Waals surface area contributed by atoms with Crippen LogP contribution < -0.4 is 10.6 Å². The van der Waals surface area contributed by atoms with Gasteiger partial charge < -0.3 is 20.0 Å². The summed E-state index contributed by atoms with van der Waals surface area (Å²) in [5, 5.41) is 6.74. The fourth-order valence-corrected chi connectivity index (χ4v) is 3.36. The van der Waals surface area contributed by atoms with Gasteiger partial charge in [-0.15, -0.1) is 0 Å².